The highest BCUT2D eigenvalue weighted by molar-refractivity contribution is 4.96. The topological polar surface area (TPSA) is 15.3 Å². The van der Waals surface area contributed by atoms with Crippen LogP contribution in [-0.2, 0) is 0 Å². The van der Waals surface area contributed by atoms with E-state index in [1.807, 2.05) is 0 Å². The first-order valence-electron chi connectivity index (χ1n) is 6.81. The molecule has 0 radical (unpaired) electrons. The lowest BCUT2D eigenvalue weighted by molar-refractivity contribution is 0.150. The van der Waals surface area contributed by atoms with Crippen LogP contribution in [0.5, 0.6) is 0 Å². The molecule has 2 nitrogen and oxygen atoms in total. The fourth-order valence-electron chi connectivity index (χ4n) is 3.59. The van der Waals surface area contributed by atoms with E-state index < -0.39 is 0 Å². The largest absolute Gasteiger partial charge is 0.317 e. The minimum absolute atomic E-state index is 0.543. The predicted molar refractivity (Wildman–Crippen MR) is 69.6 cm³/mol. The highest BCUT2D eigenvalue weighted by Crippen LogP contribution is 2.37. The van der Waals surface area contributed by atoms with E-state index in [1.165, 1.54) is 38.6 Å². The van der Waals surface area contributed by atoms with Gasteiger partial charge in [-0.3, -0.25) is 4.90 Å². The number of hydrogen-bond acceptors (Lipinski definition) is 2. The number of nitrogens with one attached hydrogen (secondary N) is 1. The Hall–Kier alpha value is -0.340. The van der Waals surface area contributed by atoms with Gasteiger partial charge in [0, 0.05) is 24.7 Å². The van der Waals surface area contributed by atoms with Crippen molar-refractivity contribution in [3.05, 3.63) is 12.7 Å². The lowest BCUT2D eigenvalue weighted by Crippen LogP contribution is -2.42. The number of hydrogen-bond donors (Lipinski definition) is 1. The standard InChI is InChI=1S/C14H26N2/c1-4-11(2)16-9-8-13(15-3)10-12-6-5-7-14(12)16/h4,11-15H,1,5-10H2,2-3H3. The van der Waals surface area contributed by atoms with Crippen molar-refractivity contribution in [2.75, 3.05) is 13.6 Å². The van der Waals surface area contributed by atoms with Gasteiger partial charge in [-0.1, -0.05) is 12.5 Å². The van der Waals surface area contributed by atoms with Gasteiger partial charge in [-0.15, -0.1) is 6.58 Å². The maximum Gasteiger partial charge on any atom is 0.0250 e. The van der Waals surface area contributed by atoms with E-state index in [2.05, 4.69) is 36.8 Å². The molecule has 0 aromatic carbocycles. The van der Waals surface area contributed by atoms with Crippen molar-refractivity contribution < 1.29 is 0 Å². The summed E-state index contributed by atoms with van der Waals surface area (Å²) in [6.45, 7) is 7.49. The minimum Gasteiger partial charge on any atom is -0.317 e. The van der Waals surface area contributed by atoms with Crippen molar-refractivity contribution in [1.29, 1.82) is 0 Å². The van der Waals surface area contributed by atoms with Gasteiger partial charge in [0.2, 0.25) is 0 Å². The molecule has 0 aromatic rings. The van der Waals surface area contributed by atoms with Crippen molar-refractivity contribution in [3.63, 3.8) is 0 Å². The van der Waals surface area contributed by atoms with Gasteiger partial charge in [0.05, 0.1) is 0 Å². The summed E-state index contributed by atoms with van der Waals surface area (Å²) in [5.41, 5.74) is 0. The fourth-order valence-corrected chi connectivity index (χ4v) is 3.59. The molecule has 1 aliphatic carbocycles. The Bertz CT molecular complexity index is 239. The van der Waals surface area contributed by atoms with E-state index >= 15 is 0 Å². The molecule has 4 atom stereocenters. The van der Waals surface area contributed by atoms with Crippen LogP contribution in [0.1, 0.15) is 39.0 Å². The smallest absolute Gasteiger partial charge is 0.0250 e. The normalized spacial score (nSPS) is 37.8. The first-order valence-corrected chi connectivity index (χ1v) is 6.81. The lowest BCUT2D eigenvalue weighted by Gasteiger charge is -2.34. The molecule has 0 aromatic heterocycles. The van der Waals surface area contributed by atoms with Crippen molar-refractivity contribution in [2.24, 2.45) is 5.92 Å². The zero-order valence-corrected chi connectivity index (χ0v) is 10.8. The molecule has 1 N–H and O–H groups in total. The average Bonchev–Trinajstić information content (AvgIpc) is 2.68. The summed E-state index contributed by atoms with van der Waals surface area (Å²) in [6.07, 6.45) is 9.03. The van der Waals surface area contributed by atoms with E-state index in [9.17, 15) is 0 Å². The van der Waals surface area contributed by atoms with Gasteiger partial charge in [0.25, 0.3) is 0 Å². The zero-order valence-electron chi connectivity index (χ0n) is 10.8. The molecule has 1 aliphatic heterocycles. The molecule has 2 rings (SSSR count). The number of fused-ring (bicyclic) bond motifs is 1. The molecule has 1 saturated carbocycles. The van der Waals surface area contributed by atoms with E-state index in [4.69, 9.17) is 0 Å². The monoisotopic (exact) mass is 222 g/mol. The second-order valence-corrected chi connectivity index (χ2v) is 5.48. The fraction of sp³-hybridized carbons (Fsp3) is 0.857. The summed E-state index contributed by atoms with van der Waals surface area (Å²) in [6, 6.07) is 2.10. The van der Waals surface area contributed by atoms with E-state index in [1.54, 1.807) is 0 Å². The zero-order chi connectivity index (χ0) is 11.5. The Morgan fingerprint density at radius 1 is 1.38 bits per heavy atom. The van der Waals surface area contributed by atoms with Crippen LogP contribution in [0, 0.1) is 5.92 Å². The van der Waals surface area contributed by atoms with Crippen LogP contribution in [0.4, 0.5) is 0 Å². The summed E-state index contributed by atoms with van der Waals surface area (Å²) >= 11 is 0. The Morgan fingerprint density at radius 2 is 2.19 bits per heavy atom. The van der Waals surface area contributed by atoms with Gasteiger partial charge in [-0.25, -0.2) is 0 Å². The third kappa shape index (κ3) is 2.33. The quantitative estimate of drug-likeness (QED) is 0.738. The Kier molecular flexibility index (Phi) is 4.04. The van der Waals surface area contributed by atoms with Crippen molar-refractivity contribution >= 4 is 0 Å². The van der Waals surface area contributed by atoms with Crippen LogP contribution >= 0.6 is 0 Å². The minimum atomic E-state index is 0.543. The molecule has 2 heteroatoms. The Labute approximate surface area is 100 Å². The first kappa shape index (κ1) is 12.1. The summed E-state index contributed by atoms with van der Waals surface area (Å²) in [4.78, 5) is 2.70. The SMILES string of the molecule is C=CC(C)N1CCC(NC)CC2CCCC21. The summed E-state index contributed by atoms with van der Waals surface area (Å²) in [5, 5.41) is 3.48. The van der Waals surface area contributed by atoms with Gasteiger partial charge in [0.15, 0.2) is 0 Å². The molecule has 92 valence electrons. The van der Waals surface area contributed by atoms with Gasteiger partial charge in [-0.05, 0) is 45.6 Å². The van der Waals surface area contributed by atoms with E-state index in [0.29, 0.717) is 6.04 Å². The third-order valence-electron chi connectivity index (χ3n) is 4.64. The predicted octanol–water partition coefficient (Wildman–Crippen LogP) is 2.41. The highest BCUT2D eigenvalue weighted by Gasteiger charge is 2.37. The van der Waals surface area contributed by atoms with E-state index in [0.717, 1.165) is 18.0 Å². The van der Waals surface area contributed by atoms with Crippen LogP contribution in [0.3, 0.4) is 0 Å². The molecule has 0 amide bonds. The molecule has 2 aliphatic rings. The highest BCUT2D eigenvalue weighted by atomic mass is 15.2. The first-order chi connectivity index (χ1) is 7.76. The molecule has 0 spiro atoms. The number of rotatable bonds is 3. The van der Waals surface area contributed by atoms with Gasteiger partial charge < -0.3 is 5.32 Å². The molecule has 0 bridgehead atoms. The molecular formula is C14H26N2. The van der Waals surface area contributed by atoms with E-state index in [-0.39, 0.29) is 0 Å². The van der Waals surface area contributed by atoms with Crippen molar-refractivity contribution in [1.82, 2.24) is 10.2 Å². The van der Waals surface area contributed by atoms with Crippen LogP contribution in [0.25, 0.3) is 0 Å². The van der Waals surface area contributed by atoms with Crippen LogP contribution in [0.15, 0.2) is 12.7 Å². The summed E-state index contributed by atoms with van der Waals surface area (Å²) in [7, 11) is 2.11. The Balaban J connectivity index is 2.10. The van der Waals surface area contributed by atoms with Crippen LogP contribution < -0.4 is 5.32 Å². The molecule has 1 saturated heterocycles. The second-order valence-electron chi connectivity index (χ2n) is 5.48. The third-order valence-corrected chi connectivity index (χ3v) is 4.64. The summed E-state index contributed by atoms with van der Waals surface area (Å²) < 4.78 is 0. The second kappa shape index (κ2) is 5.33. The molecule has 1 heterocycles. The maximum absolute atomic E-state index is 3.96. The van der Waals surface area contributed by atoms with Gasteiger partial charge in [-0.2, -0.15) is 0 Å². The van der Waals surface area contributed by atoms with Crippen LogP contribution in [-0.4, -0.2) is 36.6 Å². The lowest BCUT2D eigenvalue weighted by atomic mass is 9.95. The van der Waals surface area contributed by atoms with Crippen LogP contribution in [0.2, 0.25) is 0 Å². The van der Waals surface area contributed by atoms with Crippen molar-refractivity contribution in [2.45, 2.75) is 57.2 Å². The van der Waals surface area contributed by atoms with Gasteiger partial charge >= 0.3 is 0 Å². The maximum atomic E-state index is 3.96. The Morgan fingerprint density at radius 3 is 2.88 bits per heavy atom. The molecular weight excluding hydrogens is 196 g/mol. The molecule has 4 unspecified atom stereocenters. The van der Waals surface area contributed by atoms with Gasteiger partial charge in [0.1, 0.15) is 0 Å². The molecule has 2 fully saturated rings. The van der Waals surface area contributed by atoms with Crippen molar-refractivity contribution in [3.8, 4) is 0 Å². The average molecular weight is 222 g/mol. The number of likely N-dealkylation sites (tertiary alicyclic amines) is 1. The summed E-state index contributed by atoms with van der Waals surface area (Å²) in [5.74, 6) is 0.919. The number of nitrogens with zero attached hydrogens (tertiary/aromatic N) is 1. The molecule has 16 heavy (non-hydrogen) atoms.